The molecule has 0 bridgehead atoms. The van der Waals surface area contributed by atoms with E-state index in [1.54, 1.807) is 4.57 Å². The van der Waals surface area contributed by atoms with Gasteiger partial charge in [-0.3, -0.25) is 4.57 Å². The van der Waals surface area contributed by atoms with Gasteiger partial charge >= 0.3 is 0 Å². The van der Waals surface area contributed by atoms with Crippen molar-refractivity contribution in [2.75, 3.05) is 0 Å². The quantitative estimate of drug-likeness (QED) is 0.854. The zero-order chi connectivity index (χ0) is 13.1. The topological polar surface area (TPSA) is 91.4 Å². The van der Waals surface area contributed by atoms with Gasteiger partial charge < -0.3 is 5.73 Å². The van der Waals surface area contributed by atoms with Gasteiger partial charge in [-0.05, 0) is 30.2 Å². The molecule has 0 aliphatic heterocycles. The second-order valence-corrected chi connectivity index (χ2v) is 3.85. The van der Waals surface area contributed by atoms with Crippen LogP contribution in [0.1, 0.15) is 22.5 Å². The minimum absolute atomic E-state index is 0.137. The van der Waals surface area contributed by atoms with Crippen LogP contribution in [0.5, 0.6) is 0 Å². The van der Waals surface area contributed by atoms with E-state index in [4.69, 9.17) is 16.3 Å². The average Bonchev–Trinajstić information content (AvgIpc) is 2.81. The second kappa shape index (κ2) is 4.70. The Labute approximate surface area is 105 Å². The minimum atomic E-state index is 0.137. The van der Waals surface area contributed by atoms with Crippen LogP contribution in [-0.4, -0.2) is 9.55 Å². The number of nitrogens with two attached hydrogens (primary N) is 1. The van der Waals surface area contributed by atoms with Gasteiger partial charge in [0.1, 0.15) is 18.5 Å². The SMILES string of the molecule is Cc1cc(-n2cnc(C#N)c2C#N)ccc1CN. The lowest BCUT2D eigenvalue weighted by Crippen LogP contribution is -2.02. The molecular weight excluding hydrogens is 226 g/mol. The third kappa shape index (κ3) is 1.84. The van der Waals surface area contributed by atoms with Crippen molar-refractivity contribution in [1.82, 2.24) is 9.55 Å². The van der Waals surface area contributed by atoms with Crippen LogP contribution in [0.25, 0.3) is 5.69 Å². The number of imidazole rings is 1. The van der Waals surface area contributed by atoms with Gasteiger partial charge in [0, 0.05) is 12.2 Å². The number of hydrogen-bond donors (Lipinski definition) is 1. The average molecular weight is 237 g/mol. The number of aryl methyl sites for hydroxylation is 1. The van der Waals surface area contributed by atoms with Gasteiger partial charge in [-0.15, -0.1) is 0 Å². The number of benzene rings is 1. The highest BCUT2D eigenvalue weighted by Gasteiger charge is 2.11. The molecule has 1 aromatic carbocycles. The molecule has 2 rings (SSSR count). The van der Waals surface area contributed by atoms with Gasteiger partial charge in [0.25, 0.3) is 0 Å². The lowest BCUT2D eigenvalue weighted by atomic mass is 10.1. The molecule has 0 spiro atoms. The maximum atomic E-state index is 9.07. The van der Waals surface area contributed by atoms with E-state index in [0.717, 1.165) is 16.8 Å². The summed E-state index contributed by atoms with van der Waals surface area (Å²) in [5, 5.41) is 17.9. The molecule has 18 heavy (non-hydrogen) atoms. The molecule has 0 unspecified atom stereocenters. The van der Waals surface area contributed by atoms with E-state index >= 15 is 0 Å². The van der Waals surface area contributed by atoms with E-state index in [1.807, 2.05) is 37.3 Å². The van der Waals surface area contributed by atoms with Gasteiger partial charge in [0.15, 0.2) is 11.4 Å². The van der Waals surface area contributed by atoms with Crippen LogP contribution in [0.3, 0.4) is 0 Å². The van der Waals surface area contributed by atoms with Gasteiger partial charge in [0.2, 0.25) is 0 Å². The van der Waals surface area contributed by atoms with Crippen molar-refractivity contribution in [1.29, 1.82) is 10.5 Å². The molecule has 5 nitrogen and oxygen atoms in total. The molecule has 0 aliphatic rings. The Morgan fingerprint density at radius 2 is 2.11 bits per heavy atom. The predicted molar refractivity (Wildman–Crippen MR) is 65.6 cm³/mol. The van der Waals surface area contributed by atoms with Crippen molar-refractivity contribution in [3.63, 3.8) is 0 Å². The van der Waals surface area contributed by atoms with Crippen LogP contribution < -0.4 is 5.73 Å². The summed E-state index contributed by atoms with van der Waals surface area (Å²) in [4.78, 5) is 3.91. The molecular formula is C13H11N5. The van der Waals surface area contributed by atoms with Gasteiger partial charge in [-0.2, -0.15) is 10.5 Å². The molecule has 0 atom stereocenters. The molecule has 0 saturated heterocycles. The number of aromatic nitrogens is 2. The summed E-state index contributed by atoms with van der Waals surface area (Å²) in [5.41, 5.74) is 8.89. The Balaban J connectivity index is 2.57. The first kappa shape index (κ1) is 11.8. The van der Waals surface area contributed by atoms with E-state index in [9.17, 15) is 0 Å². The minimum Gasteiger partial charge on any atom is -0.326 e. The van der Waals surface area contributed by atoms with Crippen molar-refractivity contribution in [3.05, 3.63) is 47.0 Å². The number of hydrogen-bond acceptors (Lipinski definition) is 4. The molecule has 2 N–H and O–H groups in total. The second-order valence-electron chi connectivity index (χ2n) is 3.85. The number of rotatable bonds is 2. The van der Waals surface area contributed by atoms with Crippen LogP contribution in [0.15, 0.2) is 24.5 Å². The van der Waals surface area contributed by atoms with Gasteiger partial charge in [0.05, 0.1) is 0 Å². The number of nitrogens with zero attached hydrogens (tertiary/aromatic N) is 4. The zero-order valence-electron chi connectivity index (χ0n) is 9.88. The zero-order valence-corrected chi connectivity index (χ0v) is 9.88. The van der Waals surface area contributed by atoms with Crippen LogP contribution in [0.4, 0.5) is 0 Å². The van der Waals surface area contributed by atoms with Crippen LogP contribution in [0, 0.1) is 29.6 Å². The summed E-state index contributed by atoms with van der Waals surface area (Å²) in [6.07, 6.45) is 1.48. The van der Waals surface area contributed by atoms with E-state index in [1.165, 1.54) is 6.33 Å². The largest absolute Gasteiger partial charge is 0.326 e. The molecule has 88 valence electrons. The van der Waals surface area contributed by atoms with E-state index in [2.05, 4.69) is 4.98 Å². The normalized spacial score (nSPS) is 9.78. The monoisotopic (exact) mass is 237 g/mol. The lowest BCUT2D eigenvalue weighted by Gasteiger charge is -2.08. The fourth-order valence-corrected chi connectivity index (χ4v) is 1.79. The molecule has 1 aromatic heterocycles. The first-order valence-electron chi connectivity index (χ1n) is 5.38. The van der Waals surface area contributed by atoms with Crippen molar-refractivity contribution in [2.45, 2.75) is 13.5 Å². The standard InChI is InChI=1S/C13H11N5/c1-9-4-11(3-2-10(9)5-14)18-8-17-12(6-15)13(18)7-16/h2-4,8H,5,14H2,1H3. The Morgan fingerprint density at radius 3 is 2.67 bits per heavy atom. The van der Waals surface area contributed by atoms with Gasteiger partial charge in [-0.25, -0.2) is 4.98 Å². The van der Waals surface area contributed by atoms with E-state index < -0.39 is 0 Å². The summed E-state index contributed by atoms with van der Waals surface area (Å²) in [5.74, 6) is 0. The summed E-state index contributed by atoms with van der Waals surface area (Å²) in [6, 6.07) is 9.59. The molecule has 0 aliphatic carbocycles. The summed E-state index contributed by atoms with van der Waals surface area (Å²) < 4.78 is 1.60. The highest BCUT2D eigenvalue weighted by molar-refractivity contribution is 5.46. The Bertz CT molecular complexity index is 670. The maximum Gasteiger partial charge on any atom is 0.177 e. The first-order valence-corrected chi connectivity index (χ1v) is 5.38. The molecule has 1 heterocycles. The fourth-order valence-electron chi connectivity index (χ4n) is 1.79. The van der Waals surface area contributed by atoms with Crippen LogP contribution >= 0.6 is 0 Å². The molecule has 0 radical (unpaired) electrons. The lowest BCUT2D eigenvalue weighted by molar-refractivity contribution is 1.01. The third-order valence-electron chi connectivity index (χ3n) is 2.80. The summed E-state index contributed by atoms with van der Waals surface area (Å²) in [6.45, 7) is 2.43. The maximum absolute atomic E-state index is 9.07. The van der Waals surface area contributed by atoms with Crippen molar-refractivity contribution in [3.8, 4) is 17.8 Å². The smallest absolute Gasteiger partial charge is 0.177 e. The molecule has 0 saturated carbocycles. The Morgan fingerprint density at radius 1 is 1.33 bits per heavy atom. The first-order chi connectivity index (χ1) is 8.71. The van der Waals surface area contributed by atoms with Crippen LogP contribution in [0.2, 0.25) is 0 Å². The van der Waals surface area contributed by atoms with Crippen molar-refractivity contribution >= 4 is 0 Å². The number of nitriles is 2. The molecule has 0 amide bonds. The molecule has 2 aromatic rings. The molecule has 0 fully saturated rings. The van der Waals surface area contributed by atoms with Crippen molar-refractivity contribution < 1.29 is 0 Å². The summed E-state index contributed by atoms with van der Waals surface area (Å²) >= 11 is 0. The molecule has 5 heteroatoms. The third-order valence-corrected chi connectivity index (χ3v) is 2.80. The fraction of sp³-hybridized carbons (Fsp3) is 0.154. The predicted octanol–water partition coefficient (Wildman–Crippen LogP) is 1.38. The van der Waals surface area contributed by atoms with Gasteiger partial charge in [-0.1, -0.05) is 6.07 Å². The highest BCUT2D eigenvalue weighted by Crippen LogP contribution is 2.17. The highest BCUT2D eigenvalue weighted by atomic mass is 15.1. The van der Waals surface area contributed by atoms with Crippen LogP contribution in [-0.2, 0) is 6.54 Å². The Hall–Kier alpha value is -2.63. The van der Waals surface area contributed by atoms with E-state index in [0.29, 0.717) is 6.54 Å². The Kier molecular flexibility index (Phi) is 3.09. The summed E-state index contributed by atoms with van der Waals surface area (Å²) in [7, 11) is 0. The van der Waals surface area contributed by atoms with Crippen molar-refractivity contribution in [2.24, 2.45) is 5.73 Å². The van der Waals surface area contributed by atoms with E-state index in [-0.39, 0.29) is 11.4 Å².